The molecule has 3 rings (SSSR count). The number of rotatable bonds is 5. The van der Waals surface area contributed by atoms with Gasteiger partial charge in [0.2, 0.25) is 0 Å². The average molecular weight is 403 g/mol. The van der Waals surface area contributed by atoms with Crippen LogP contribution in [0.4, 0.5) is 4.39 Å². The number of hydrogen-bond acceptors (Lipinski definition) is 4. The molecule has 1 aliphatic rings. The lowest BCUT2D eigenvalue weighted by Gasteiger charge is -2.26. The summed E-state index contributed by atoms with van der Waals surface area (Å²) in [6.45, 7) is 0.813. The number of nitrogens with zero attached hydrogens (tertiary/aromatic N) is 2. The van der Waals surface area contributed by atoms with E-state index in [1.54, 1.807) is 18.2 Å². The van der Waals surface area contributed by atoms with Gasteiger partial charge < -0.3 is 14.9 Å². The van der Waals surface area contributed by atoms with Crippen LogP contribution in [-0.4, -0.2) is 53.8 Å². The molecule has 0 saturated carbocycles. The van der Waals surface area contributed by atoms with Gasteiger partial charge in [-0.1, -0.05) is 35.9 Å². The highest BCUT2D eigenvalue weighted by molar-refractivity contribution is 6.46. The van der Waals surface area contributed by atoms with E-state index in [0.29, 0.717) is 22.7 Å². The molecule has 1 heterocycles. The Morgan fingerprint density at radius 2 is 1.86 bits per heavy atom. The summed E-state index contributed by atoms with van der Waals surface area (Å²) in [6.07, 6.45) is 0. The van der Waals surface area contributed by atoms with Crippen molar-refractivity contribution in [1.82, 2.24) is 9.80 Å². The van der Waals surface area contributed by atoms with Crippen LogP contribution in [0.25, 0.3) is 5.76 Å². The molecular weight excluding hydrogens is 383 g/mol. The Labute approximate surface area is 167 Å². The molecule has 1 unspecified atom stereocenters. The van der Waals surface area contributed by atoms with Gasteiger partial charge in [0.05, 0.1) is 11.6 Å². The molecule has 1 amide bonds. The number of benzene rings is 2. The Bertz CT molecular complexity index is 941. The molecule has 0 radical (unpaired) electrons. The second-order valence-corrected chi connectivity index (χ2v) is 7.29. The summed E-state index contributed by atoms with van der Waals surface area (Å²) in [5.74, 6) is -2.20. The second kappa shape index (κ2) is 8.12. The monoisotopic (exact) mass is 402 g/mol. The van der Waals surface area contributed by atoms with Gasteiger partial charge in [0.1, 0.15) is 11.6 Å². The van der Waals surface area contributed by atoms with Gasteiger partial charge >= 0.3 is 0 Å². The average Bonchev–Trinajstić information content (AvgIpc) is 2.91. The number of Topliss-reactive ketones (excluding diaryl/α,β-unsaturated/α-hetero) is 1. The van der Waals surface area contributed by atoms with Crippen LogP contribution in [0.5, 0.6) is 0 Å². The third kappa shape index (κ3) is 3.93. The van der Waals surface area contributed by atoms with Crippen molar-refractivity contribution < 1.29 is 19.1 Å². The van der Waals surface area contributed by atoms with Crippen LogP contribution in [0.3, 0.4) is 0 Å². The van der Waals surface area contributed by atoms with Crippen molar-refractivity contribution in [2.45, 2.75) is 6.04 Å². The van der Waals surface area contributed by atoms with Gasteiger partial charge in [0.25, 0.3) is 11.7 Å². The Morgan fingerprint density at radius 3 is 2.46 bits per heavy atom. The minimum atomic E-state index is -0.806. The Kier molecular flexibility index (Phi) is 5.82. The molecule has 0 aromatic heterocycles. The van der Waals surface area contributed by atoms with Crippen LogP contribution in [0.15, 0.2) is 54.1 Å². The summed E-state index contributed by atoms with van der Waals surface area (Å²) in [5.41, 5.74) is 0.853. The number of carbonyl (C=O) groups excluding carboxylic acids is 2. The second-order valence-electron chi connectivity index (χ2n) is 6.86. The van der Waals surface area contributed by atoms with Gasteiger partial charge in [0.15, 0.2) is 0 Å². The lowest BCUT2D eigenvalue weighted by atomic mass is 9.95. The topological polar surface area (TPSA) is 60.9 Å². The summed E-state index contributed by atoms with van der Waals surface area (Å²) in [7, 11) is 3.71. The quantitative estimate of drug-likeness (QED) is 0.472. The fraction of sp³-hybridized carbons (Fsp3) is 0.238. The number of aliphatic hydroxyl groups excluding tert-OH is 1. The molecule has 0 bridgehead atoms. The molecule has 2 aromatic rings. The van der Waals surface area contributed by atoms with Crippen LogP contribution < -0.4 is 0 Å². The molecule has 5 nitrogen and oxygen atoms in total. The SMILES string of the molecule is CN(C)CCN1C(=O)C(=O)/C(=C(\O)c2cccc(Cl)c2)C1c1ccc(F)cc1. The first-order valence-corrected chi connectivity index (χ1v) is 9.12. The smallest absolute Gasteiger partial charge is 0.295 e. The summed E-state index contributed by atoms with van der Waals surface area (Å²) in [5, 5.41) is 11.2. The van der Waals surface area contributed by atoms with E-state index in [2.05, 4.69) is 0 Å². The largest absolute Gasteiger partial charge is 0.507 e. The third-order valence-electron chi connectivity index (χ3n) is 4.61. The first-order chi connectivity index (χ1) is 13.3. The van der Waals surface area contributed by atoms with Crippen LogP contribution in [0, 0.1) is 5.82 Å². The molecule has 28 heavy (non-hydrogen) atoms. The molecule has 2 aromatic carbocycles. The van der Waals surface area contributed by atoms with E-state index >= 15 is 0 Å². The highest BCUT2D eigenvalue weighted by Gasteiger charge is 2.45. The zero-order valence-electron chi connectivity index (χ0n) is 15.5. The lowest BCUT2D eigenvalue weighted by molar-refractivity contribution is -0.140. The van der Waals surface area contributed by atoms with Crippen LogP contribution in [0.1, 0.15) is 17.2 Å². The number of halogens is 2. The normalized spacial score (nSPS) is 18.9. The number of likely N-dealkylation sites (N-methyl/N-ethyl adjacent to an activating group) is 1. The zero-order chi connectivity index (χ0) is 20.4. The summed E-state index contributed by atoms with van der Waals surface area (Å²) < 4.78 is 13.4. The van der Waals surface area contributed by atoms with E-state index in [0.717, 1.165) is 0 Å². The van der Waals surface area contributed by atoms with Gasteiger partial charge in [-0.15, -0.1) is 0 Å². The van der Waals surface area contributed by atoms with Crippen LogP contribution >= 0.6 is 11.6 Å². The highest BCUT2D eigenvalue weighted by atomic mass is 35.5. The first-order valence-electron chi connectivity index (χ1n) is 8.74. The van der Waals surface area contributed by atoms with Crippen molar-refractivity contribution in [2.75, 3.05) is 27.2 Å². The van der Waals surface area contributed by atoms with E-state index in [-0.39, 0.29) is 17.9 Å². The van der Waals surface area contributed by atoms with E-state index in [9.17, 15) is 19.1 Å². The van der Waals surface area contributed by atoms with Crippen molar-refractivity contribution in [1.29, 1.82) is 0 Å². The van der Waals surface area contributed by atoms with E-state index < -0.39 is 23.5 Å². The maximum atomic E-state index is 13.4. The summed E-state index contributed by atoms with van der Waals surface area (Å²) >= 11 is 6.00. The van der Waals surface area contributed by atoms with Crippen molar-refractivity contribution >= 4 is 29.1 Å². The predicted molar refractivity (Wildman–Crippen MR) is 105 cm³/mol. The van der Waals surface area contributed by atoms with Crippen LogP contribution in [-0.2, 0) is 9.59 Å². The maximum Gasteiger partial charge on any atom is 0.295 e. The molecule has 7 heteroatoms. The Hall–Kier alpha value is -2.70. The van der Waals surface area contributed by atoms with E-state index in [4.69, 9.17) is 11.6 Å². The molecule has 1 N–H and O–H groups in total. The van der Waals surface area contributed by atoms with Gasteiger partial charge in [-0.25, -0.2) is 4.39 Å². The van der Waals surface area contributed by atoms with Gasteiger partial charge in [0, 0.05) is 23.7 Å². The molecule has 1 saturated heterocycles. The summed E-state index contributed by atoms with van der Waals surface area (Å²) in [4.78, 5) is 28.8. The Balaban J connectivity index is 2.14. The molecule has 0 spiro atoms. The maximum absolute atomic E-state index is 13.4. The molecule has 1 fully saturated rings. The number of amides is 1. The Morgan fingerprint density at radius 1 is 1.18 bits per heavy atom. The first kappa shape index (κ1) is 20.0. The summed E-state index contributed by atoms with van der Waals surface area (Å²) in [6, 6.07) is 11.2. The van der Waals surface area contributed by atoms with Crippen molar-refractivity contribution in [3.05, 3.63) is 76.1 Å². The number of aliphatic hydroxyl groups is 1. The lowest BCUT2D eigenvalue weighted by Crippen LogP contribution is -2.35. The number of carbonyl (C=O) groups is 2. The third-order valence-corrected chi connectivity index (χ3v) is 4.85. The van der Waals surface area contributed by atoms with E-state index in [1.807, 2.05) is 19.0 Å². The van der Waals surface area contributed by atoms with Gasteiger partial charge in [-0.05, 0) is 43.9 Å². The molecule has 1 atom stereocenters. The number of ketones is 1. The van der Waals surface area contributed by atoms with Crippen LogP contribution in [0.2, 0.25) is 5.02 Å². The predicted octanol–water partition coefficient (Wildman–Crippen LogP) is 3.46. The number of hydrogen-bond donors (Lipinski definition) is 1. The standard InChI is InChI=1S/C21H20ClFN2O3/c1-24(2)10-11-25-18(13-6-8-16(23)9-7-13)17(20(27)21(25)28)19(26)14-4-3-5-15(22)12-14/h3-9,12,18,26H,10-11H2,1-2H3/b19-17-. The van der Waals surface area contributed by atoms with E-state index in [1.165, 1.54) is 35.2 Å². The van der Waals surface area contributed by atoms with Gasteiger partial charge in [-0.2, -0.15) is 0 Å². The van der Waals surface area contributed by atoms with Crippen molar-refractivity contribution in [2.24, 2.45) is 0 Å². The fourth-order valence-corrected chi connectivity index (χ4v) is 3.39. The highest BCUT2D eigenvalue weighted by Crippen LogP contribution is 2.39. The molecule has 146 valence electrons. The molecular formula is C21H20ClFN2O3. The number of likely N-dealkylation sites (tertiary alicyclic amines) is 1. The van der Waals surface area contributed by atoms with Gasteiger partial charge in [-0.3, -0.25) is 9.59 Å². The van der Waals surface area contributed by atoms with Crippen molar-refractivity contribution in [3.63, 3.8) is 0 Å². The molecule has 0 aliphatic carbocycles. The minimum absolute atomic E-state index is 0.0300. The van der Waals surface area contributed by atoms with Crippen molar-refractivity contribution in [3.8, 4) is 0 Å². The molecule has 1 aliphatic heterocycles. The zero-order valence-corrected chi connectivity index (χ0v) is 16.3. The fourth-order valence-electron chi connectivity index (χ4n) is 3.20. The minimum Gasteiger partial charge on any atom is -0.507 e.